The number of methoxy groups -OCH3 is 2. The van der Waals surface area contributed by atoms with Crippen LogP contribution in [0.15, 0.2) is 18.2 Å². The van der Waals surface area contributed by atoms with Gasteiger partial charge in [0.25, 0.3) is 0 Å². The van der Waals surface area contributed by atoms with Gasteiger partial charge in [0.15, 0.2) is 5.78 Å². The Balaban J connectivity index is 3.00. The van der Waals surface area contributed by atoms with E-state index in [2.05, 4.69) is 0 Å². The lowest BCUT2D eigenvalue weighted by Crippen LogP contribution is -2.22. The van der Waals surface area contributed by atoms with E-state index in [0.29, 0.717) is 12.0 Å². The number of benzene rings is 1. The normalized spacial score (nSPS) is 12.2. The number of hydrogen-bond acceptors (Lipinski definition) is 3. The molecule has 0 amide bonds. The predicted molar refractivity (Wildman–Crippen MR) is 63.1 cm³/mol. The van der Waals surface area contributed by atoms with Crippen molar-refractivity contribution in [3.8, 4) is 5.75 Å². The highest BCUT2D eigenvalue weighted by Crippen LogP contribution is 2.19. The molecule has 0 aromatic heterocycles. The van der Waals surface area contributed by atoms with E-state index in [1.165, 1.54) is 0 Å². The number of rotatable bonds is 5. The highest BCUT2D eigenvalue weighted by Gasteiger charge is 2.19. The Morgan fingerprint density at radius 1 is 1.38 bits per heavy atom. The topological polar surface area (TPSA) is 35.5 Å². The van der Waals surface area contributed by atoms with Crippen LogP contribution in [0.5, 0.6) is 5.75 Å². The fourth-order valence-electron chi connectivity index (χ4n) is 1.67. The average Bonchev–Trinajstić information content (AvgIpc) is 2.30. The first-order chi connectivity index (χ1) is 7.63. The van der Waals surface area contributed by atoms with Gasteiger partial charge >= 0.3 is 0 Å². The maximum Gasteiger partial charge on any atom is 0.191 e. The molecule has 0 spiro atoms. The van der Waals surface area contributed by atoms with Gasteiger partial charge in [-0.2, -0.15) is 0 Å². The lowest BCUT2D eigenvalue weighted by molar-refractivity contribution is 0.0595. The van der Waals surface area contributed by atoms with E-state index in [-0.39, 0.29) is 11.9 Å². The molecule has 3 nitrogen and oxygen atoms in total. The number of ether oxygens (including phenoxy) is 2. The van der Waals surface area contributed by atoms with Crippen molar-refractivity contribution in [2.75, 3.05) is 14.2 Å². The Hall–Kier alpha value is -1.35. The summed E-state index contributed by atoms with van der Waals surface area (Å²) in [6.45, 7) is 3.84. The van der Waals surface area contributed by atoms with Crippen LogP contribution in [0.1, 0.15) is 29.3 Å². The van der Waals surface area contributed by atoms with Crippen molar-refractivity contribution in [2.45, 2.75) is 26.4 Å². The van der Waals surface area contributed by atoms with Gasteiger partial charge < -0.3 is 9.47 Å². The Bertz CT molecular complexity index is 367. The second kappa shape index (κ2) is 5.66. The molecule has 1 aromatic rings. The third kappa shape index (κ3) is 2.61. The van der Waals surface area contributed by atoms with E-state index in [1.807, 2.05) is 19.9 Å². The van der Waals surface area contributed by atoms with Crippen LogP contribution >= 0.6 is 0 Å². The van der Waals surface area contributed by atoms with E-state index in [4.69, 9.17) is 9.47 Å². The minimum absolute atomic E-state index is 0.0325. The van der Waals surface area contributed by atoms with Gasteiger partial charge in [0.1, 0.15) is 11.9 Å². The van der Waals surface area contributed by atoms with Gasteiger partial charge in [-0.25, -0.2) is 0 Å². The molecule has 0 aliphatic carbocycles. The van der Waals surface area contributed by atoms with Gasteiger partial charge in [-0.1, -0.05) is 6.92 Å². The van der Waals surface area contributed by atoms with E-state index < -0.39 is 0 Å². The highest BCUT2D eigenvalue weighted by atomic mass is 16.5. The molecule has 0 radical (unpaired) electrons. The molecular weight excluding hydrogens is 204 g/mol. The molecule has 0 fully saturated rings. The molecule has 3 heteroatoms. The smallest absolute Gasteiger partial charge is 0.191 e. The molecular formula is C13H18O3. The van der Waals surface area contributed by atoms with Crippen LogP contribution in [-0.4, -0.2) is 26.1 Å². The van der Waals surface area contributed by atoms with Crippen molar-refractivity contribution in [1.29, 1.82) is 0 Å². The Morgan fingerprint density at radius 3 is 2.50 bits per heavy atom. The SMILES string of the molecule is CCC(OC)C(=O)c1ccc(OC)cc1C. The quantitative estimate of drug-likeness (QED) is 0.718. The number of carbonyl (C=O) groups excluding carboxylic acids is 1. The van der Waals surface area contributed by atoms with Crippen molar-refractivity contribution in [2.24, 2.45) is 0 Å². The zero-order chi connectivity index (χ0) is 12.1. The standard InChI is InChI=1S/C13H18O3/c1-5-12(16-4)13(14)11-7-6-10(15-3)8-9(11)2/h6-8,12H,5H2,1-4H3. The number of carbonyl (C=O) groups is 1. The third-order valence-corrected chi connectivity index (χ3v) is 2.65. The second-order valence-corrected chi connectivity index (χ2v) is 3.68. The zero-order valence-corrected chi connectivity index (χ0v) is 10.2. The van der Waals surface area contributed by atoms with Crippen LogP contribution < -0.4 is 4.74 Å². The average molecular weight is 222 g/mol. The van der Waals surface area contributed by atoms with E-state index in [9.17, 15) is 4.79 Å². The van der Waals surface area contributed by atoms with Crippen LogP contribution in [0, 0.1) is 6.92 Å². The van der Waals surface area contributed by atoms with Gasteiger partial charge in [-0.15, -0.1) is 0 Å². The first-order valence-electron chi connectivity index (χ1n) is 5.35. The van der Waals surface area contributed by atoms with Crippen molar-refractivity contribution in [3.63, 3.8) is 0 Å². The van der Waals surface area contributed by atoms with E-state index >= 15 is 0 Å². The molecule has 0 aliphatic heterocycles. The van der Waals surface area contributed by atoms with E-state index in [0.717, 1.165) is 11.3 Å². The van der Waals surface area contributed by atoms with Gasteiger partial charge in [0, 0.05) is 12.7 Å². The summed E-state index contributed by atoms with van der Waals surface area (Å²) in [5.74, 6) is 0.796. The first kappa shape index (κ1) is 12.7. The number of ketones is 1. The molecule has 0 heterocycles. The van der Waals surface area contributed by atoms with Gasteiger partial charge in [0.2, 0.25) is 0 Å². The number of aryl methyl sites for hydroxylation is 1. The Kier molecular flexibility index (Phi) is 4.50. The van der Waals surface area contributed by atoms with Crippen molar-refractivity contribution >= 4 is 5.78 Å². The molecule has 1 aromatic carbocycles. The predicted octanol–water partition coefficient (Wildman–Crippen LogP) is 2.61. The molecule has 1 unspecified atom stereocenters. The molecule has 0 bridgehead atoms. The van der Waals surface area contributed by atoms with Gasteiger partial charge in [-0.3, -0.25) is 4.79 Å². The lowest BCUT2D eigenvalue weighted by Gasteiger charge is -2.13. The summed E-state index contributed by atoms with van der Waals surface area (Å²) in [7, 11) is 3.17. The molecule has 0 N–H and O–H groups in total. The molecule has 0 saturated heterocycles. The van der Waals surface area contributed by atoms with Crippen LogP contribution in [0.25, 0.3) is 0 Å². The third-order valence-electron chi connectivity index (χ3n) is 2.65. The second-order valence-electron chi connectivity index (χ2n) is 3.68. The zero-order valence-electron chi connectivity index (χ0n) is 10.2. The minimum atomic E-state index is -0.355. The highest BCUT2D eigenvalue weighted by molar-refractivity contribution is 6.00. The summed E-state index contributed by atoms with van der Waals surface area (Å²) in [5.41, 5.74) is 1.62. The number of Topliss-reactive ketones (excluding diaryl/α,β-unsaturated/α-hetero) is 1. The summed E-state index contributed by atoms with van der Waals surface area (Å²) >= 11 is 0. The van der Waals surface area contributed by atoms with Crippen LogP contribution in [0.2, 0.25) is 0 Å². The summed E-state index contributed by atoms with van der Waals surface area (Å²) in [4.78, 5) is 12.1. The molecule has 88 valence electrons. The van der Waals surface area contributed by atoms with Crippen LogP contribution in [0.3, 0.4) is 0 Å². The maximum atomic E-state index is 12.1. The fraction of sp³-hybridized carbons (Fsp3) is 0.462. The Morgan fingerprint density at radius 2 is 2.06 bits per heavy atom. The summed E-state index contributed by atoms with van der Waals surface area (Å²) in [6, 6.07) is 5.44. The van der Waals surface area contributed by atoms with Crippen molar-refractivity contribution < 1.29 is 14.3 Å². The van der Waals surface area contributed by atoms with E-state index in [1.54, 1.807) is 26.4 Å². The molecule has 1 rings (SSSR count). The van der Waals surface area contributed by atoms with Crippen molar-refractivity contribution in [3.05, 3.63) is 29.3 Å². The Labute approximate surface area is 96.4 Å². The first-order valence-corrected chi connectivity index (χ1v) is 5.35. The monoisotopic (exact) mass is 222 g/mol. The molecule has 0 aliphatic rings. The van der Waals surface area contributed by atoms with Gasteiger partial charge in [0.05, 0.1) is 7.11 Å². The summed E-state index contributed by atoms with van der Waals surface area (Å²) in [6.07, 6.45) is 0.327. The number of hydrogen-bond donors (Lipinski definition) is 0. The molecule has 0 saturated carbocycles. The lowest BCUT2D eigenvalue weighted by atomic mass is 9.99. The molecule has 1 atom stereocenters. The summed E-state index contributed by atoms with van der Waals surface area (Å²) in [5, 5.41) is 0. The minimum Gasteiger partial charge on any atom is -0.497 e. The largest absolute Gasteiger partial charge is 0.497 e. The van der Waals surface area contributed by atoms with Crippen LogP contribution in [-0.2, 0) is 4.74 Å². The maximum absolute atomic E-state index is 12.1. The van der Waals surface area contributed by atoms with Crippen molar-refractivity contribution in [1.82, 2.24) is 0 Å². The van der Waals surface area contributed by atoms with Gasteiger partial charge in [-0.05, 0) is 37.1 Å². The van der Waals surface area contributed by atoms with Crippen LogP contribution in [0.4, 0.5) is 0 Å². The fourth-order valence-corrected chi connectivity index (χ4v) is 1.67. The summed E-state index contributed by atoms with van der Waals surface area (Å²) < 4.78 is 10.2. The molecule has 16 heavy (non-hydrogen) atoms.